The van der Waals surface area contributed by atoms with Gasteiger partial charge >= 0.3 is 0 Å². The van der Waals surface area contributed by atoms with Crippen molar-refractivity contribution in [2.75, 3.05) is 6.54 Å². The number of nitrogens with one attached hydrogen (secondary N) is 1. The van der Waals surface area contributed by atoms with Gasteiger partial charge in [-0.15, -0.1) is 11.3 Å². The number of carbonyl (C=O) groups is 1. The molecule has 128 valence electrons. The Bertz CT molecular complexity index is 776. The molecule has 0 saturated carbocycles. The highest BCUT2D eigenvalue weighted by Crippen LogP contribution is 2.23. The van der Waals surface area contributed by atoms with Crippen molar-refractivity contribution in [2.24, 2.45) is 0 Å². The fourth-order valence-electron chi connectivity index (χ4n) is 2.82. The van der Waals surface area contributed by atoms with Crippen LogP contribution in [0.2, 0.25) is 0 Å². The van der Waals surface area contributed by atoms with Crippen molar-refractivity contribution in [1.82, 2.24) is 14.6 Å². The Morgan fingerprint density at radius 3 is 2.83 bits per heavy atom. The third-order valence-electron chi connectivity index (χ3n) is 3.98. The third kappa shape index (κ3) is 4.00. The predicted octanol–water partition coefficient (Wildman–Crippen LogP) is 1.75. The van der Waals surface area contributed by atoms with Crippen molar-refractivity contribution >= 4 is 27.3 Å². The van der Waals surface area contributed by atoms with Gasteiger partial charge in [-0.1, -0.05) is 30.3 Å². The monoisotopic (exact) mass is 365 g/mol. The van der Waals surface area contributed by atoms with E-state index in [4.69, 9.17) is 0 Å². The number of nitrogens with zero attached hydrogens (tertiary/aromatic N) is 2. The van der Waals surface area contributed by atoms with Gasteiger partial charge in [0.2, 0.25) is 15.9 Å². The fraction of sp³-hybridized carbons (Fsp3) is 0.375. The van der Waals surface area contributed by atoms with Crippen LogP contribution in [-0.2, 0) is 27.1 Å². The van der Waals surface area contributed by atoms with Gasteiger partial charge in [-0.3, -0.25) is 4.79 Å². The van der Waals surface area contributed by atoms with E-state index in [1.54, 1.807) is 17.6 Å². The normalized spacial score (nSPS) is 18.6. The molecule has 2 aromatic rings. The molecule has 0 aliphatic carbocycles. The zero-order valence-corrected chi connectivity index (χ0v) is 14.7. The van der Waals surface area contributed by atoms with Gasteiger partial charge in [-0.25, -0.2) is 13.4 Å². The van der Waals surface area contributed by atoms with Crippen molar-refractivity contribution in [3.05, 3.63) is 52.5 Å². The lowest BCUT2D eigenvalue weighted by Gasteiger charge is -2.23. The van der Waals surface area contributed by atoms with Crippen LogP contribution in [0.1, 0.15) is 24.1 Å². The van der Waals surface area contributed by atoms with E-state index in [0.717, 1.165) is 11.3 Å². The van der Waals surface area contributed by atoms with Crippen LogP contribution in [0.3, 0.4) is 0 Å². The summed E-state index contributed by atoms with van der Waals surface area (Å²) >= 11 is 1.46. The summed E-state index contributed by atoms with van der Waals surface area (Å²) in [5.41, 5.74) is 3.21. The van der Waals surface area contributed by atoms with Gasteiger partial charge < -0.3 is 5.32 Å². The van der Waals surface area contributed by atoms with Crippen LogP contribution in [0.15, 0.2) is 41.2 Å². The first-order valence-corrected chi connectivity index (χ1v) is 10.3. The molecule has 2 heterocycles. The highest BCUT2D eigenvalue weighted by Gasteiger charge is 2.38. The van der Waals surface area contributed by atoms with E-state index >= 15 is 0 Å². The molecule has 6 nitrogen and oxygen atoms in total. The highest BCUT2D eigenvalue weighted by molar-refractivity contribution is 7.88. The average Bonchev–Trinajstić information content (AvgIpc) is 3.25. The molecule has 1 N–H and O–H groups in total. The number of hydrogen-bond acceptors (Lipinski definition) is 5. The molecule has 1 aromatic heterocycles. The van der Waals surface area contributed by atoms with Crippen LogP contribution < -0.4 is 5.32 Å². The summed E-state index contributed by atoms with van der Waals surface area (Å²) in [5.74, 6) is -0.332. The molecule has 3 rings (SSSR count). The van der Waals surface area contributed by atoms with Crippen LogP contribution in [-0.4, -0.2) is 36.2 Å². The van der Waals surface area contributed by atoms with E-state index in [2.05, 4.69) is 10.3 Å². The topological polar surface area (TPSA) is 79.4 Å². The molecular formula is C16H19N3O3S2. The van der Waals surface area contributed by atoms with Crippen molar-refractivity contribution in [2.45, 2.75) is 31.2 Å². The van der Waals surface area contributed by atoms with E-state index in [9.17, 15) is 13.2 Å². The van der Waals surface area contributed by atoms with Crippen LogP contribution in [0.5, 0.6) is 0 Å². The lowest BCUT2D eigenvalue weighted by molar-refractivity contribution is -0.124. The Morgan fingerprint density at radius 1 is 1.33 bits per heavy atom. The number of aromatic nitrogens is 1. The maximum atomic E-state index is 12.7. The minimum absolute atomic E-state index is 0.0797. The molecule has 1 fully saturated rings. The molecule has 1 aliphatic rings. The summed E-state index contributed by atoms with van der Waals surface area (Å²) in [6.45, 7) is 0.718. The van der Waals surface area contributed by atoms with Gasteiger partial charge in [0.25, 0.3) is 0 Å². The first-order chi connectivity index (χ1) is 11.6. The molecule has 0 spiro atoms. The van der Waals surface area contributed by atoms with Gasteiger partial charge in [0.15, 0.2) is 0 Å². The van der Waals surface area contributed by atoms with Gasteiger partial charge in [0.05, 0.1) is 23.5 Å². The number of hydrogen-bond donors (Lipinski definition) is 1. The fourth-order valence-corrected chi connectivity index (χ4v) is 5.16. The number of rotatable bonds is 6. The quantitative estimate of drug-likeness (QED) is 0.846. The highest BCUT2D eigenvalue weighted by atomic mass is 32.2. The number of amides is 1. The first-order valence-electron chi connectivity index (χ1n) is 7.74. The summed E-state index contributed by atoms with van der Waals surface area (Å²) in [5, 5.41) is 4.65. The molecule has 24 heavy (non-hydrogen) atoms. The standard InChI is InChI=1S/C16H19N3O3S2/c20-16(17-9-14-10-23-12-18-14)15-7-4-8-19(15)24(21,22)11-13-5-2-1-3-6-13/h1-3,5-6,10,12,15H,4,7-9,11H2,(H,17,20). The second kappa shape index (κ2) is 7.42. The summed E-state index contributed by atoms with van der Waals surface area (Å²) < 4.78 is 26.7. The Hall–Kier alpha value is -1.77. The van der Waals surface area contributed by atoms with Crippen molar-refractivity contribution < 1.29 is 13.2 Å². The number of carbonyl (C=O) groups excluding carboxylic acids is 1. The summed E-state index contributed by atoms with van der Waals surface area (Å²) in [6, 6.07) is 8.41. The second-order valence-electron chi connectivity index (χ2n) is 5.71. The summed E-state index contributed by atoms with van der Waals surface area (Å²) in [7, 11) is -3.52. The molecule has 0 bridgehead atoms. The molecule has 1 unspecified atom stereocenters. The number of sulfonamides is 1. The Labute approximate surface area is 145 Å². The van der Waals surface area contributed by atoms with Gasteiger partial charge in [0.1, 0.15) is 6.04 Å². The maximum Gasteiger partial charge on any atom is 0.238 e. The first kappa shape index (κ1) is 17.1. The van der Waals surface area contributed by atoms with E-state index in [1.807, 2.05) is 23.6 Å². The minimum atomic E-state index is -3.52. The Balaban J connectivity index is 1.66. The molecule has 1 aromatic carbocycles. The zero-order chi connectivity index (χ0) is 17.0. The van der Waals surface area contributed by atoms with Crippen molar-refractivity contribution in [1.29, 1.82) is 0 Å². The minimum Gasteiger partial charge on any atom is -0.349 e. The average molecular weight is 365 g/mol. The molecule has 1 aliphatic heterocycles. The van der Waals surface area contributed by atoms with Crippen molar-refractivity contribution in [3.63, 3.8) is 0 Å². The van der Waals surface area contributed by atoms with E-state index < -0.39 is 16.1 Å². The van der Waals surface area contributed by atoms with Crippen LogP contribution in [0.25, 0.3) is 0 Å². The van der Waals surface area contributed by atoms with E-state index in [0.29, 0.717) is 25.9 Å². The third-order valence-corrected chi connectivity index (χ3v) is 6.47. The van der Waals surface area contributed by atoms with Gasteiger partial charge in [0, 0.05) is 11.9 Å². The SMILES string of the molecule is O=C(NCc1cscn1)C1CCCN1S(=O)(=O)Cc1ccccc1. The number of thiazole rings is 1. The second-order valence-corrected chi connectivity index (χ2v) is 8.35. The molecule has 1 amide bonds. The lowest BCUT2D eigenvalue weighted by Crippen LogP contribution is -2.46. The van der Waals surface area contributed by atoms with Gasteiger partial charge in [-0.2, -0.15) is 4.31 Å². The number of benzene rings is 1. The van der Waals surface area contributed by atoms with E-state index in [-0.39, 0.29) is 11.7 Å². The zero-order valence-electron chi connectivity index (χ0n) is 13.1. The molecule has 0 radical (unpaired) electrons. The van der Waals surface area contributed by atoms with Crippen molar-refractivity contribution in [3.8, 4) is 0 Å². The van der Waals surface area contributed by atoms with Crippen LogP contribution >= 0.6 is 11.3 Å². The predicted molar refractivity (Wildman–Crippen MR) is 92.8 cm³/mol. The largest absolute Gasteiger partial charge is 0.349 e. The van der Waals surface area contributed by atoms with Crippen LogP contribution in [0.4, 0.5) is 0 Å². The Kier molecular flexibility index (Phi) is 5.27. The molecule has 1 atom stereocenters. The van der Waals surface area contributed by atoms with E-state index in [1.165, 1.54) is 15.6 Å². The summed E-state index contributed by atoms with van der Waals surface area (Å²) in [6.07, 6.45) is 1.25. The smallest absolute Gasteiger partial charge is 0.238 e. The van der Waals surface area contributed by atoms with Gasteiger partial charge in [-0.05, 0) is 18.4 Å². The molecular weight excluding hydrogens is 346 g/mol. The Morgan fingerprint density at radius 2 is 2.12 bits per heavy atom. The summed E-state index contributed by atoms with van der Waals surface area (Å²) in [4.78, 5) is 16.5. The van der Waals surface area contributed by atoms with Crippen LogP contribution in [0, 0.1) is 0 Å². The lowest BCUT2D eigenvalue weighted by atomic mass is 10.2. The maximum absolute atomic E-state index is 12.7. The molecule has 1 saturated heterocycles. The molecule has 8 heteroatoms.